The number of ether oxygens (including phenoxy) is 2. The SMILES string of the molecule is COc1ccc(C(=O)Nc2sc3c(c2C(=O)OC(C)C)CCCC3)cc1. The molecule has 3 rings (SSSR count). The van der Waals surface area contributed by atoms with Crippen LogP contribution in [-0.2, 0) is 17.6 Å². The predicted octanol–water partition coefficient (Wildman–Crippen LogP) is 4.45. The number of hydrogen-bond acceptors (Lipinski definition) is 5. The highest BCUT2D eigenvalue weighted by Crippen LogP contribution is 2.39. The van der Waals surface area contributed by atoms with Crippen molar-refractivity contribution in [3.05, 3.63) is 45.8 Å². The quantitative estimate of drug-likeness (QED) is 0.786. The average Bonchev–Trinajstić information content (AvgIpc) is 2.99. The number of esters is 1. The first-order valence-electron chi connectivity index (χ1n) is 8.80. The lowest BCUT2D eigenvalue weighted by molar-refractivity contribution is 0.0378. The Hall–Kier alpha value is -2.34. The summed E-state index contributed by atoms with van der Waals surface area (Å²) >= 11 is 1.49. The first kappa shape index (κ1) is 18.5. The summed E-state index contributed by atoms with van der Waals surface area (Å²) < 4.78 is 10.5. The number of benzene rings is 1. The number of hydrogen-bond donors (Lipinski definition) is 1. The van der Waals surface area contributed by atoms with E-state index in [-0.39, 0.29) is 18.0 Å². The van der Waals surface area contributed by atoms with Crippen LogP contribution >= 0.6 is 11.3 Å². The molecular weight excluding hydrogens is 350 g/mol. The lowest BCUT2D eigenvalue weighted by atomic mass is 9.95. The molecule has 1 aromatic carbocycles. The van der Waals surface area contributed by atoms with E-state index >= 15 is 0 Å². The molecule has 1 heterocycles. The minimum Gasteiger partial charge on any atom is -0.497 e. The van der Waals surface area contributed by atoms with Crippen molar-refractivity contribution in [2.45, 2.75) is 45.6 Å². The van der Waals surface area contributed by atoms with Gasteiger partial charge in [-0.15, -0.1) is 11.3 Å². The average molecular weight is 373 g/mol. The van der Waals surface area contributed by atoms with Gasteiger partial charge in [0.1, 0.15) is 10.8 Å². The molecule has 1 aliphatic rings. The fraction of sp³-hybridized carbons (Fsp3) is 0.400. The molecule has 0 saturated heterocycles. The third kappa shape index (κ3) is 3.90. The summed E-state index contributed by atoms with van der Waals surface area (Å²) in [5, 5.41) is 3.50. The van der Waals surface area contributed by atoms with Crippen molar-refractivity contribution >= 4 is 28.2 Å². The van der Waals surface area contributed by atoms with Gasteiger partial charge >= 0.3 is 5.97 Å². The summed E-state index contributed by atoms with van der Waals surface area (Å²) in [6, 6.07) is 6.88. The Morgan fingerprint density at radius 3 is 2.46 bits per heavy atom. The minimum atomic E-state index is -0.357. The number of carbonyl (C=O) groups excluding carboxylic acids is 2. The van der Waals surface area contributed by atoms with Gasteiger partial charge in [0.15, 0.2) is 0 Å². The van der Waals surface area contributed by atoms with Crippen LogP contribution in [0.2, 0.25) is 0 Å². The number of aryl methyl sites for hydroxylation is 1. The lowest BCUT2D eigenvalue weighted by Gasteiger charge is -2.14. The highest BCUT2D eigenvalue weighted by molar-refractivity contribution is 7.17. The molecule has 1 N–H and O–H groups in total. The number of nitrogens with one attached hydrogen (secondary N) is 1. The maximum atomic E-state index is 12.6. The van der Waals surface area contributed by atoms with E-state index in [1.54, 1.807) is 31.4 Å². The number of amides is 1. The van der Waals surface area contributed by atoms with Crippen LogP contribution < -0.4 is 10.1 Å². The fourth-order valence-electron chi connectivity index (χ4n) is 3.06. The fourth-order valence-corrected chi connectivity index (χ4v) is 4.33. The molecule has 0 atom stereocenters. The molecule has 1 aromatic heterocycles. The van der Waals surface area contributed by atoms with Crippen LogP contribution in [0.15, 0.2) is 24.3 Å². The van der Waals surface area contributed by atoms with Crippen LogP contribution in [0, 0.1) is 0 Å². The summed E-state index contributed by atoms with van der Waals surface area (Å²) in [5.74, 6) is 0.0867. The number of thiophene rings is 1. The van der Waals surface area contributed by atoms with E-state index in [2.05, 4.69) is 5.32 Å². The number of carbonyl (C=O) groups is 2. The third-order valence-corrected chi connectivity index (χ3v) is 5.50. The van der Waals surface area contributed by atoms with Gasteiger partial charge in [0, 0.05) is 10.4 Å². The van der Waals surface area contributed by atoms with E-state index in [0.29, 0.717) is 21.9 Å². The van der Waals surface area contributed by atoms with Gasteiger partial charge in [-0.05, 0) is 69.4 Å². The van der Waals surface area contributed by atoms with Gasteiger partial charge in [-0.25, -0.2) is 4.79 Å². The van der Waals surface area contributed by atoms with E-state index < -0.39 is 0 Å². The molecule has 0 bridgehead atoms. The van der Waals surface area contributed by atoms with Gasteiger partial charge in [0.05, 0.1) is 18.8 Å². The summed E-state index contributed by atoms with van der Waals surface area (Å²) in [4.78, 5) is 26.4. The van der Waals surface area contributed by atoms with Crippen LogP contribution in [0.1, 0.15) is 57.8 Å². The van der Waals surface area contributed by atoms with Crippen LogP contribution in [0.3, 0.4) is 0 Å². The summed E-state index contributed by atoms with van der Waals surface area (Å²) in [7, 11) is 1.58. The molecule has 5 nitrogen and oxygen atoms in total. The Balaban J connectivity index is 1.89. The van der Waals surface area contributed by atoms with Crippen molar-refractivity contribution < 1.29 is 19.1 Å². The topological polar surface area (TPSA) is 64.6 Å². The smallest absolute Gasteiger partial charge is 0.341 e. The molecule has 6 heteroatoms. The van der Waals surface area contributed by atoms with Crippen molar-refractivity contribution in [2.24, 2.45) is 0 Å². The Bertz CT molecular complexity index is 808. The Morgan fingerprint density at radius 2 is 1.81 bits per heavy atom. The van der Waals surface area contributed by atoms with E-state index in [4.69, 9.17) is 9.47 Å². The first-order valence-corrected chi connectivity index (χ1v) is 9.62. The predicted molar refractivity (Wildman–Crippen MR) is 102 cm³/mol. The Labute approximate surface area is 157 Å². The second-order valence-corrected chi connectivity index (χ2v) is 7.66. The van der Waals surface area contributed by atoms with Gasteiger partial charge in [-0.1, -0.05) is 0 Å². The third-order valence-electron chi connectivity index (χ3n) is 4.30. The van der Waals surface area contributed by atoms with Gasteiger partial charge in [0.25, 0.3) is 5.91 Å². The normalized spacial score (nSPS) is 13.2. The molecule has 26 heavy (non-hydrogen) atoms. The van der Waals surface area contributed by atoms with Crippen molar-refractivity contribution in [1.29, 1.82) is 0 Å². The van der Waals surface area contributed by atoms with Crippen LogP contribution in [0.4, 0.5) is 5.00 Å². The van der Waals surface area contributed by atoms with E-state index in [1.807, 2.05) is 13.8 Å². The molecule has 0 fully saturated rings. The number of fused-ring (bicyclic) bond motifs is 1. The largest absolute Gasteiger partial charge is 0.497 e. The Kier molecular flexibility index (Phi) is 5.61. The number of methoxy groups -OCH3 is 1. The van der Waals surface area contributed by atoms with E-state index in [0.717, 1.165) is 31.2 Å². The highest BCUT2D eigenvalue weighted by Gasteiger charge is 2.28. The summed E-state index contributed by atoms with van der Waals surface area (Å²) in [5.41, 5.74) is 2.08. The zero-order chi connectivity index (χ0) is 18.7. The van der Waals surface area contributed by atoms with E-state index in [9.17, 15) is 9.59 Å². The van der Waals surface area contributed by atoms with Crippen molar-refractivity contribution in [1.82, 2.24) is 0 Å². The molecule has 2 aromatic rings. The molecule has 0 unspecified atom stereocenters. The Morgan fingerprint density at radius 1 is 1.12 bits per heavy atom. The van der Waals surface area contributed by atoms with Crippen LogP contribution in [0.5, 0.6) is 5.75 Å². The molecule has 138 valence electrons. The minimum absolute atomic E-state index is 0.202. The van der Waals surface area contributed by atoms with Gasteiger partial charge < -0.3 is 14.8 Å². The summed E-state index contributed by atoms with van der Waals surface area (Å²) in [6.45, 7) is 3.65. The van der Waals surface area contributed by atoms with Gasteiger partial charge in [-0.3, -0.25) is 4.79 Å². The zero-order valence-corrected chi connectivity index (χ0v) is 16.1. The van der Waals surface area contributed by atoms with Crippen molar-refractivity contribution in [3.8, 4) is 5.75 Å². The van der Waals surface area contributed by atoms with Crippen LogP contribution in [0.25, 0.3) is 0 Å². The lowest BCUT2D eigenvalue weighted by Crippen LogP contribution is -2.17. The van der Waals surface area contributed by atoms with Crippen molar-refractivity contribution in [2.75, 3.05) is 12.4 Å². The summed E-state index contributed by atoms with van der Waals surface area (Å²) in [6.07, 6.45) is 3.76. The van der Waals surface area contributed by atoms with Crippen LogP contribution in [-0.4, -0.2) is 25.1 Å². The second-order valence-electron chi connectivity index (χ2n) is 6.55. The molecule has 0 radical (unpaired) electrons. The van der Waals surface area contributed by atoms with Gasteiger partial charge in [-0.2, -0.15) is 0 Å². The standard InChI is InChI=1S/C20H23NO4S/c1-12(2)25-20(23)17-15-6-4-5-7-16(15)26-19(17)21-18(22)13-8-10-14(24-3)11-9-13/h8-12H,4-7H2,1-3H3,(H,21,22). The molecule has 0 aliphatic heterocycles. The maximum absolute atomic E-state index is 12.6. The second kappa shape index (κ2) is 7.91. The molecular formula is C20H23NO4S. The van der Waals surface area contributed by atoms with Gasteiger partial charge in [0.2, 0.25) is 0 Å². The number of rotatable bonds is 5. The molecule has 1 aliphatic carbocycles. The molecule has 0 spiro atoms. The highest BCUT2D eigenvalue weighted by atomic mass is 32.1. The molecule has 0 saturated carbocycles. The molecule has 1 amide bonds. The number of anilines is 1. The zero-order valence-electron chi connectivity index (χ0n) is 15.3. The van der Waals surface area contributed by atoms with E-state index in [1.165, 1.54) is 16.2 Å². The first-order chi connectivity index (χ1) is 12.5. The monoisotopic (exact) mass is 373 g/mol. The van der Waals surface area contributed by atoms with Crippen molar-refractivity contribution in [3.63, 3.8) is 0 Å². The maximum Gasteiger partial charge on any atom is 0.341 e.